The Morgan fingerprint density at radius 3 is 2.82 bits per heavy atom. The van der Waals surface area contributed by atoms with Crippen molar-refractivity contribution in [2.24, 2.45) is 5.92 Å². The number of hydrogen-bond acceptors (Lipinski definition) is 3. The van der Waals surface area contributed by atoms with Crippen LogP contribution in [0.2, 0.25) is 0 Å². The van der Waals surface area contributed by atoms with Crippen LogP contribution < -0.4 is 15.4 Å². The van der Waals surface area contributed by atoms with Gasteiger partial charge >= 0.3 is 6.03 Å². The predicted octanol–water partition coefficient (Wildman–Crippen LogP) is 2.35. The molecule has 5 nitrogen and oxygen atoms in total. The molecule has 0 bridgehead atoms. The maximum absolute atomic E-state index is 11.8. The Morgan fingerprint density at radius 1 is 1.36 bits per heavy atom. The Balaban J connectivity index is 1.75. The first-order chi connectivity index (χ1) is 10.6. The van der Waals surface area contributed by atoms with Crippen molar-refractivity contribution >= 4 is 6.03 Å². The molecule has 1 aromatic carbocycles. The molecule has 1 fully saturated rings. The average Bonchev–Trinajstić information content (AvgIpc) is 2.91. The number of aliphatic hydroxyl groups is 1. The van der Waals surface area contributed by atoms with E-state index in [0.717, 1.165) is 36.1 Å². The molecule has 0 radical (unpaired) electrons. The van der Waals surface area contributed by atoms with E-state index in [1.54, 1.807) is 0 Å². The molecule has 1 aliphatic carbocycles. The van der Waals surface area contributed by atoms with Crippen LogP contribution in [0.5, 0.6) is 5.75 Å². The van der Waals surface area contributed by atoms with Crippen molar-refractivity contribution in [1.29, 1.82) is 0 Å². The van der Waals surface area contributed by atoms with Crippen LogP contribution in [-0.2, 0) is 6.54 Å². The van der Waals surface area contributed by atoms with Crippen LogP contribution in [0.3, 0.4) is 0 Å². The number of aliphatic hydroxyl groups excluding tert-OH is 1. The minimum Gasteiger partial charge on any atom is -0.494 e. The molecule has 1 saturated carbocycles. The maximum atomic E-state index is 11.8. The lowest BCUT2D eigenvalue weighted by molar-refractivity contribution is 0.132. The van der Waals surface area contributed by atoms with Gasteiger partial charge in [0.25, 0.3) is 0 Å². The van der Waals surface area contributed by atoms with Gasteiger partial charge in [0.1, 0.15) is 5.75 Å². The number of urea groups is 1. The molecule has 3 N–H and O–H groups in total. The van der Waals surface area contributed by atoms with Gasteiger partial charge in [-0.25, -0.2) is 4.79 Å². The zero-order valence-electron chi connectivity index (χ0n) is 13.4. The highest BCUT2D eigenvalue weighted by Gasteiger charge is 2.25. The van der Waals surface area contributed by atoms with Crippen LogP contribution in [0, 0.1) is 12.8 Å². The minimum atomic E-state index is -0.269. The summed E-state index contributed by atoms with van der Waals surface area (Å²) < 4.78 is 5.50. The second kappa shape index (κ2) is 8.03. The summed E-state index contributed by atoms with van der Waals surface area (Å²) in [5.41, 5.74) is 2.10. The Labute approximate surface area is 132 Å². The molecular formula is C17H26N2O3. The van der Waals surface area contributed by atoms with Crippen molar-refractivity contribution in [3.63, 3.8) is 0 Å². The Kier molecular flexibility index (Phi) is 6.07. The van der Waals surface area contributed by atoms with E-state index in [1.807, 2.05) is 32.0 Å². The van der Waals surface area contributed by atoms with Crippen molar-refractivity contribution in [2.45, 2.75) is 45.8 Å². The summed E-state index contributed by atoms with van der Waals surface area (Å²) in [7, 11) is 0. The molecule has 0 saturated heterocycles. The summed E-state index contributed by atoms with van der Waals surface area (Å²) in [5.74, 6) is 1.07. The van der Waals surface area contributed by atoms with E-state index in [1.165, 1.54) is 0 Å². The van der Waals surface area contributed by atoms with Crippen molar-refractivity contribution in [3.05, 3.63) is 29.3 Å². The van der Waals surface area contributed by atoms with Gasteiger partial charge < -0.3 is 20.5 Å². The lowest BCUT2D eigenvalue weighted by Crippen LogP contribution is -2.39. The number of amides is 2. The van der Waals surface area contributed by atoms with E-state index >= 15 is 0 Å². The summed E-state index contributed by atoms with van der Waals surface area (Å²) >= 11 is 0. The van der Waals surface area contributed by atoms with Crippen LogP contribution in [-0.4, -0.2) is 30.4 Å². The third-order valence-electron chi connectivity index (χ3n) is 4.14. The molecular weight excluding hydrogens is 280 g/mol. The number of carbonyl (C=O) groups excluding carboxylic acids is 1. The monoisotopic (exact) mass is 306 g/mol. The van der Waals surface area contributed by atoms with Crippen molar-refractivity contribution in [1.82, 2.24) is 10.6 Å². The smallest absolute Gasteiger partial charge is 0.315 e. The van der Waals surface area contributed by atoms with Gasteiger partial charge in [0.15, 0.2) is 0 Å². The van der Waals surface area contributed by atoms with E-state index in [-0.39, 0.29) is 18.1 Å². The molecule has 122 valence electrons. The van der Waals surface area contributed by atoms with Crippen LogP contribution in [0.15, 0.2) is 18.2 Å². The molecule has 2 atom stereocenters. The lowest BCUT2D eigenvalue weighted by atomic mass is 10.1. The molecule has 0 heterocycles. The fourth-order valence-corrected chi connectivity index (χ4v) is 2.86. The second-order valence-corrected chi connectivity index (χ2v) is 5.85. The van der Waals surface area contributed by atoms with Gasteiger partial charge in [0, 0.05) is 19.0 Å². The van der Waals surface area contributed by atoms with Gasteiger partial charge in [-0.2, -0.15) is 0 Å². The van der Waals surface area contributed by atoms with Crippen molar-refractivity contribution < 1.29 is 14.6 Å². The van der Waals surface area contributed by atoms with Gasteiger partial charge in [-0.3, -0.25) is 0 Å². The largest absolute Gasteiger partial charge is 0.494 e. The second-order valence-electron chi connectivity index (χ2n) is 5.85. The Hall–Kier alpha value is -1.75. The molecule has 5 heteroatoms. The number of hydrogen-bond donors (Lipinski definition) is 3. The first-order valence-electron chi connectivity index (χ1n) is 8.02. The SMILES string of the molecule is CCOc1ccc(CNC(=O)NC[C@H]2CCC[C@H]2O)cc1C. The number of ether oxygens (including phenoxy) is 1. The molecule has 0 unspecified atom stereocenters. The number of rotatable bonds is 6. The number of benzene rings is 1. The van der Waals surface area contributed by atoms with E-state index in [9.17, 15) is 9.90 Å². The highest BCUT2D eigenvalue weighted by Crippen LogP contribution is 2.24. The van der Waals surface area contributed by atoms with Crippen LogP contribution >= 0.6 is 0 Å². The normalized spacial score (nSPS) is 20.7. The van der Waals surface area contributed by atoms with Crippen molar-refractivity contribution in [3.8, 4) is 5.75 Å². The molecule has 0 aliphatic heterocycles. The van der Waals surface area contributed by atoms with E-state index in [2.05, 4.69) is 10.6 Å². The quantitative estimate of drug-likeness (QED) is 0.755. The van der Waals surface area contributed by atoms with Crippen molar-refractivity contribution in [2.75, 3.05) is 13.2 Å². The van der Waals surface area contributed by atoms with E-state index in [0.29, 0.717) is 19.7 Å². The molecule has 0 spiro atoms. The molecule has 2 rings (SSSR count). The topological polar surface area (TPSA) is 70.6 Å². The maximum Gasteiger partial charge on any atom is 0.315 e. The summed E-state index contributed by atoms with van der Waals surface area (Å²) in [6.45, 7) is 5.62. The average molecular weight is 306 g/mol. The minimum absolute atomic E-state index is 0.189. The highest BCUT2D eigenvalue weighted by molar-refractivity contribution is 5.73. The Morgan fingerprint density at radius 2 is 2.18 bits per heavy atom. The summed E-state index contributed by atoms with van der Waals surface area (Å²) in [6.07, 6.45) is 2.61. The number of nitrogens with one attached hydrogen (secondary N) is 2. The lowest BCUT2D eigenvalue weighted by Gasteiger charge is -2.15. The number of carbonyl (C=O) groups is 1. The standard InChI is InChI=1S/C17H26N2O3/c1-3-22-16-8-7-13(9-12(16)2)10-18-17(21)19-11-14-5-4-6-15(14)20/h7-9,14-15,20H,3-6,10-11H2,1-2H3,(H2,18,19,21)/t14-,15-/m1/s1. The van der Waals surface area contributed by atoms with Crippen LogP contribution in [0.1, 0.15) is 37.3 Å². The van der Waals surface area contributed by atoms with Crippen LogP contribution in [0.25, 0.3) is 0 Å². The molecule has 0 aromatic heterocycles. The predicted molar refractivity (Wildman–Crippen MR) is 85.9 cm³/mol. The van der Waals surface area contributed by atoms with Gasteiger partial charge in [-0.1, -0.05) is 18.6 Å². The Bertz CT molecular complexity index is 505. The summed E-state index contributed by atoms with van der Waals surface area (Å²) in [6, 6.07) is 5.72. The molecule has 1 aromatic rings. The zero-order valence-corrected chi connectivity index (χ0v) is 13.4. The molecule has 22 heavy (non-hydrogen) atoms. The molecule has 2 amide bonds. The zero-order chi connectivity index (χ0) is 15.9. The highest BCUT2D eigenvalue weighted by atomic mass is 16.5. The first kappa shape index (κ1) is 16.6. The fourth-order valence-electron chi connectivity index (χ4n) is 2.86. The van der Waals surface area contributed by atoms with Gasteiger partial charge in [0.2, 0.25) is 0 Å². The summed E-state index contributed by atoms with van der Waals surface area (Å²) in [4.78, 5) is 11.8. The third-order valence-corrected chi connectivity index (χ3v) is 4.14. The van der Waals surface area contributed by atoms with Gasteiger partial charge in [-0.05, 0) is 43.9 Å². The third kappa shape index (κ3) is 4.63. The van der Waals surface area contributed by atoms with E-state index < -0.39 is 0 Å². The summed E-state index contributed by atoms with van der Waals surface area (Å²) in [5, 5.41) is 15.4. The van der Waals surface area contributed by atoms with Crippen LogP contribution in [0.4, 0.5) is 4.79 Å². The van der Waals surface area contributed by atoms with E-state index in [4.69, 9.17) is 4.74 Å². The van der Waals surface area contributed by atoms with Gasteiger partial charge in [0.05, 0.1) is 12.7 Å². The first-order valence-corrected chi connectivity index (χ1v) is 8.02. The molecule has 1 aliphatic rings. The van der Waals surface area contributed by atoms with Gasteiger partial charge in [-0.15, -0.1) is 0 Å². The number of aryl methyl sites for hydroxylation is 1. The fraction of sp³-hybridized carbons (Fsp3) is 0.588.